The van der Waals surface area contributed by atoms with Gasteiger partial charge in [0.25, 0.3) is 5.91 Å². The highest BCUT2D eigenvalue weighted by Crippen LogP contribution is 2.28. The van der Waals surface area contributed by atoms with Gasteiger partial charge in [-0.3, -0.25) is 14.4 Å². The monoisotopic (exact) mass is 656 g/mol. The van der Waals surface area contributed by atoms with Crippen LogP contribution in [0, 0.1) is 5.92 Å². The molecule has 1 atom stereocenters. The Morgan fingerprint density at radius 1 is 0.750 bits per heavy atom. The van der Waals surface area contributed by atoms with Crippen LogP contribution in [0.4, 0.5) is 5.69 Å². The molecule has 7 heteroatoms. The molecule has 0 bridgehead atoms. The summed E-state index contributed by atoms with van der Waals surface area (Å²) in [5, 5.41) is 27.4. The Hall–Kier alpha value is -4.13. The fourth-order valence-corrected chi connectivity index (χ4v) is 5.99. The first-order chi connectivity index (χ1) is 23.4. The fourth-order valence-electron chi connectivity index (χ4n) is 5.99. The Balaban J connectivity index is 1.27. The Bertz CT molecular complexity index is 1430. The number of phenolic OH excluding ortho intramolecular Hbond substituents is 1. The number of nitrogens with one attached hydrogen (secondary N) is 2. The summed E-state index contributed by atoms with van der Waals surface area (Å²) in [6.45, 7) is 2.64. The zero-order chi connectivity index (χ0) is 34.4. The molecule has 0 fully saturated rings. The number of aliphatic carboxylic acids is 1. The number of carbonyl (C=O) groups is 3. The third kappa shape index (κ3) is 14.3. The van der Waals surface area contributed by atoms with E-state index in [9.17, 15) is 24.6 Å². The average Bonchev–Trinajstić information content (AvgIpc) is 3.08. The first-order valence-corrected chi connectivity index (χ1v) is 18.1. The van der Waals surface area contributed by atoms with Crippen LogP contribution in [0.5, 0.6) is 5.75 Å². The second-order valence-corrected chi connectivity index (χ2v) is 12.9. The van der Waals surface area contributed by atoms with Gasteiger partial charge in [0, 0.05) is 24.0 Å². The van der Waals surface area contributed by atoms with Gasteiger partial charge < -0.3 is 20.8 Å². The fraction of sp³-hybridized carbons (Fsp3) is 0.488. The van der Waals surface area contributed by atoms with Gasteiger partial charge in [0.2, 0.25) is 5.91 Å². The lowest BCUT2D eigenvalue weighted by Gasteiger charge is -2.12. The van der Waals surface area contributed by atoms with E-state index in [4.69, 9.17) is 0 Å². The summed E-state index contributed by atoms with van der Waals surface area (Å²) >= 11 is 0. The minimum Gasteiger partial charge on any atom is -0.506 e. The highest BCUT2D eigenvalue weighted by Gasteiger charge is 2.20. The number of anilines is 1. The van der Waals surface area contributed by atoms with Gasteiger partial charge in [0.15, 0.2) is 0 Å². The Morgan fingerprint density at radius 3 is 2.04 bits per heavy atom. The maximum Gasteiger partial charge on any atom is 0.307 e. The minimum absolute atomic E-state index is 0.0303. The van der Waals surface area contributed by atoms with Gasteiger partial charge in [-0.2, -0.15) is 0 Å². The molecule has 0 heterocycles. The molecule has 3 aromatic carbocycles. The Kier molecular flexibility index (Phi) is 17.9. The first kappa shape index (κ1) is 38.3. The number of benzene rings is 3. The molecule has 48 heavy (non-hydrogen) atoms. The van der Waals surface area contributed by atoms with Crippen molar-refractivity contribution in [1.29, 1.82) is 0 Å². The standard InChI is InChI=1S/C41H56N2O5/c1-2-3-4-5-6-7-8-9-10-11-12-13-14-15-16-17-21-34(41(47)48)31-38(44)43-35-26-23-32(24-27-35)29-30-42-40(46)37-28-25-33-20-18-19-22-36(33)39(37)45/h15-16,18-20,22-28,34,45H,2-14,17,21,29-31H2,1H3,(H,42,46)(H,43,44)(H,47,48)/b16-15+. The number of amides is 2. The summed E-state index contributed by atoms with van der Waals surface area (Å²) in [5.41, 5.74) is 1.80. The normalized spacial score (nSPS) is 11.9. The highest BCUT2D eigenvalue weighted by molar-refractivity contribution is 6.03. The van der Waals surface area contributed by atoms with E-state index in [1.165, 1.54) is 77.0 Å². The van der Waals surface area contributed by atoms with Crippen LogP contribution in [0.15, 0.2) is 72.8 Å². The van der Waals surface area contributed by atoms with Crippen LogP contribution < -0.4 is 10.6 Å². The second-order valence-electron chi connectivity index (χ2n) is 12.9. The van der Waals surface area contributed by atoms with E-state index in [0.717, 1.165) is 17.4 Å². The van der Waals surface area contributed by atoms with Crippen molar-refractivity contribution in [3.05, 3.63) is 83.9 Å². The van der Waals surface area contributed by atoms with Crippen molar-refractivity contribution in [3.8, 4) is 5.75 Å². The van der Waals surface area contributed by atoms with E-state index in [-0.39, 0.29) is 29.5 Å². The number of rotatable bonds is 24. The summed E-state index contributed by atoms with van der Waals surface area (Å²) in [6, 6.07) is 18.1. The molecule has 7 nitrogen and oxygen atoms in total. The van der Waals surface area contributed by atoms with E-state index in [2.05, 4.69) is 29.7 Å². The number of carboxylic acid groups (broad SMARTS) is 1. The number of unbranched alkanes of at least 4 members (excludes halogenated alkanes) is 12. The number of carboxylic acids is 1. The van der Waals surface area contributed by atoms with Crippen LogP contribution in [0.25, 0.3) is 10.8 Å². The summed E-state index contributed by atoms with van der Waals surface area (Å²) in [6.07, 6.45) is 22.8. The predicted octanol–water partition coefficient (Wildman–Crippen LogP) is 9.97. The molecule has 0 spiro atoms. The van der Waals surface area contributed by atoms with E-state index < -0.39 is 11.9 Å². The van der Waals surface area contributed by atoms with Crippen LogP contribution >= 0.6 is 0 Å². The Morgan fingerprint density at radius 2 is 1.38 bits per heavy atom. The molecule has 4 N–H and O–H groups in total. The number of allylic oxidation sites excluding steroid dienone is 2. The quantitative estimate of drug-likeness (QED) is 0.0566. The molecule has 0 aliphatic carbocycles. The van der Waals surface area contributed by atoms with E-state index >= 15 is 0 Å². The Labute approximate surface area is 287 Å². The topological polar surface area (TPSA) is 116 Å². The summed E-state index contributed by atoms with van der Waals surface area (Å²) in [5.74, 6) is -2.37. The zero-order valence-electron chi connectivity index (χ0n) is 28.9. The highest BCUT2D eigenvalue weighted by atomic mass is 16.4. The van der Waals surface area contributed by atoms with Gasteiger partial charge in [0.05, 0.1) is 11.5 Å². The molecule has 0 saturated heterocycles. The van der Waals surface area contributed by atoms with Gasteiger partial charge in [0.1, 0.15) is 5.75 Å². The predicted molar refractivity (Wildman–Crippen MR) is 197 cm³/mol. The van der Waals surface area contributed by atoms with Gasteiger partial charge in [-0.15, -0.1) is 0 Å². The zero-order valence-corrected chi connectivity index (χ0v) is 28.9. The number of hydrogen-bond acceptors (Lipinski definition) is 4. The van der Waals surface area contributed by atoms with Crippen LogP contribution in [-0.4, -0.2) is 34.5 Å². The lowest BCUT2D eigenvalue weighted by molar-refractivity contribution is -0.143. The van der Waals surface area contributed by atoms with Crippen molar-refractivity contribution in [2.75, 3.05) is 11.9 Å². The number of aromatic hydroxyl groups is 1. The van der Waals surface area contributed by atoms with Gasteiger partial charge in [-0.1, -0.05) is 132 Å². The molecule has 0 aliphatic rings. The lowest BCUT2D eigenvalue weighted by atomic mass is 9.98. The molecule has 0 saturated carbocycles. The van der Waals surface area contributed by atoms with Gasteiger partial charge in [-0.25, -0.2) is 0 Å². The molecule has 2 amide bonds. The summed E-state index contributed by atoms with van der Waals surface area (Å²) in [4.78, 5) is 37.1. The maximum absolute atomic E-state index is 12.7. The molecule has 260 valence electrons. The molecule has 3 rings (SSSR count). The van der Waals surface area contributed by atoms with Crippen molar-refractivity contribution in [2.24, 2.45) is 5.92 Å². The number of hydrogen-bond donors (Lipinski definition) is 4. The number of fused-ring (bicyclic) bond motifs is 1. The van der Waals surface area contributed by atoms with Crippen LogP contribution in [0.3, 0.4) is 0 Å². The SMILES string of the molecule is CCCCCCCCCCCCCC/C=C/CCC(CC(=O)Nc1ccc(CCNC(=O)c2ccc3ccccc3c2O)cc1)C(=O)O. The van der Waals surface area contributed by atoms with E-state index in [1.807, 2.05) is 36.4 Å². The molecule has 0 radical (unpaired) electrons. The molecular formula is C41H56N2O5. The van der Waals surface area contributed by atoms with E-state index in [0.29, 0.717) is 36.9 Å². The summed E-state index contributed by atoms with van der Waals surface area (Å²) < 4.78 is 0. The van der Waals surface area contributed by atoms with Crippen molar-refractivity contribution >= 4 is 34.2 Å². The maximum atomic E-state index is 12.7. The first-order valence-electron chi connectivity index (χ1n) is 18.1. The van der Waals surface area contributed by atoms with Crippen molar-refractivity contribution in [1.82, 2.24) is 5.32 Å². The van der Waals surface area contributed by atoms with Crippen LogP contribution in [-0.2, 0) is 16.0 Å². The average molecular weight is 657 g/mol. The molecule has 1 unspecified atom stereocenters. The molecule has 0 aliphatic heterocycles. The van der Waals surface area contributed by atoms with Crippen LogP contribution in [0.2, 0.25) is 0 Å². The second kappa shape index (κ2) is 22.4. The minimum atomic E-state index is -0.950. The third-order valence-corrected chi connectivity index (χ3v) is 8.94. The largest absolute Gasteiger partial charge is 0.506 e. The van der Waals surface area contributed by atoms with E-state index in [1.54, 1.807) is 24.3 Å². The van der Waals surface area contributed by atoms with Gasteiger partial charge in [-0.05, 0) is 61.3 Å². The smallest absolute Gasteiger partial charge is 0.307 e. The van der Waals surface area contributed by atoms with Crippen LogP contribution in [0.1, 0.15) is 126 Å². The third-order valence-electron chi connectivity index (χ3n) is 8.94. The molecular weight excluding hydrogens is 600 g/mol. The van der Waals surface area contributed by atoms with Crippen molar-refractivity contribution in [2.45, 2.75) is 116 Å². The van der Waals surface area contributed by atoms with Gasteiger partial charge >= 0.3 is 5.97 Å². The van der Waals surface area contributed by atoms with Crippen molar-refractivity contribution < 1.29 is 24.6 Å². The lowest BCUT2D eigenvalue weighted by Crippen LogP contribution is -2.25. The molecule has 3 aromatic rings. The molecule has 0 aromatic heterocycles. The van der Waals surface area contributed by atoms with Crippen molar-refractivity contribution in [3.63, 3.8) is 0 Å². The summed E-state index contributed by atoms with van der Waals surface area (Å²) in [7, 11) is 0. The number of carbonyl (C=O) groups excluding carboxylic acids is 2. The number of phenols is 1.